The first kappa shape index (κ1) is 28.2. The summed E-state index contributed by atoms with van der Waals surface area (Å²) in [4.78, 5) is 42.7. The highest BCUT2D eigenvalue weighted by Crippen LogP contribution is 2.47. The minimum absolute atomic E-state index is 0.0482. The van der Waals surface area contributed by atoms with Crippen LogP contribution in [0.25, 0.3) is 0 Å². The molecule has 0 radical (unpaired) electrons. The molecule has 0 unspecified atom stereocenters. The highest BCUT2D eigenvalue weighted by atomic mass is 35.5. The maximum Gasteiger partial charge on any atom is 0.310 e. The van der Waals surface area contributed by atoms with Crippen LogP contribution in [0.4, 0.5) is 5.69 Å². The lowest BCUT2D eigenvalue weighted by molar-refractivity contribution is -0.156. The van der Waals surface area contributed by atoms with Crippen molar-refractivity contribution in [3.05, 3.63) is 40.9 Å². The average Bonchev–Trinajstić information content (AvgIpc) is 3.14. The Balaban J connectivity index is 2.10. The van der Waals surface area contributed by atoms with E-state index in [2.05, 4.69) is 5.32 Å². The van der Waals surface area contributed by atoms with Gasteiger partial charge in [-0.2, -0.15) is 0 Å². The van der Waals surface area contributed by atoms with Crippen molar-refractivity contribution in [2.75, 3.05) is 18.5 Å². The first-order chi connectivity index (χ1) is 17.2. The van der Waals surface area contributed by atoms with Crippen LogP contribution in [-0.2, 0) is 19.1 Å². The van der Waals surface area contributed by atoms with Crippen molar-refractivity contribution < 1.29 is 24.2 Å². The molecule has 198 valence electrons. The van der Waals surface area contributed by atoms with Gasteiger partial charge in [-0.1, -0.05) is 69.5 Å². The van der Waals surface area contributed by atoms with E-state index >= 15 is 0 Å². The zero-order valence-corrected chi connectivity index (χ0v) is 22.6. The number of anilines is 1. The molecule has 1 saturated heterocycles. The van der Waals surface area contributed by atoms with Crippen LogP contribution in [0.2, 0.25) is 5.02 Å². The number of para-hydroxylation sites is 1. The van der Waals surface area contributed by atoms with Crippen LogP contribution in [0.3, 0.4) is 0 Å². The van der Waals surface area contributed by atoms with Crippen LogP contribution in [0, 0.1) is 36.5 Å². The van der Waals surface area contributed by atoms with Crippen molar-refractivity contribution >= 4 is 35.1 Å². The summed E-state index contributed by atoms with van der Waals surface area (Å²) in [7, 11) is 0. The normalized spacial score (nSPS) is 26.9. The van der Waals surface area contributed by atoms with Gasteiger partial charge in [-0.05, 0) is 43.7 Å². The van der Waals surface area contributed by atoms with Gasteiger partial charge in [0.1, 0.15) is 6.04 Å². The number of benzene rings is 1. The van der Waals surface area contributed by atoms with Crippen molar-refractivity contribution in [1.82, 2.24) is 4.90 Å². The summed E-state index contributed by atoms with van der Waals surface area (Å²) in [6.45, 7) is 9.53. The lowest BCUT2D eigenvalue weighted by Crippen LogP contribution is -2.52. The van der Waals surface area contributed by atoms with E-state index in [-0.39, 0.29) is 36.9 Å². The largest absolute Gasteiger partial charge is 0.466 e. The number of aliphatic hydroxyl groups is 1. The third-order valence-corrected chi connectivity index (χ3v) is 8.13. The number of allylic oxidation sites excluding steroid dienone is 1. The van der Waals surface area contributed by atoms with E-state index < -0.39 is 35.8 Å². The number of carbonyl (C=O) groups is 3. The third-order valence-electron chi connectivity index (χ3n) is 7.81. The molecular formula is C28H39ClN2O5. The number of ether oxygens (including phenoxy) is 1. The molecule has 7 nitrogen and oxygen atoms in total. The van der Waals surface area contributed by atoms with Gasteiger partial charge in [0.25, 0.3) is 0 Å². The first-order valence-corrected chi connectivity index (χ1v) is 13.4. The number of amides is 2. The first-order valence-electron chi connectivity index (χ1n) is 13.1. The second-order valence-corrected chi connectivity index (χ2v) is 10.4. The summed E-state index contributed by atoms with van der Waals surface area (Å²) in [6, 6.07) is 3.91. The minimum Gasteiger partial charge on any atom is -0.466 e. The Morgan fingerprint density at radius 3 is 2.53 bits per heavy atom. The Bertz CT molecular complexity index is 976. The van der Waals surface area contributed by atoms with Crippen molar-refractivity contribution in [3.63, 3.8) is 0 Å². The molecule has 0 saturated carbocycles. The number of likely N-dealkylation sites (tertiary alicyclic amines) is 1. The zero-order valence-electron chi connectivity index (χ0n) is 21.9. The molecule has 8 heteroatoms. The summed E-state index contributed by atoms with van der Waals surface area (Å²) in [6.07, 6.45) is 6.20. The van der Waals surface area contributed by atoms with Crippen LogP contribution in [0.15, 0.2) is 30.4 Å². The van der Waals surface area contributed by atoms with Crippen LogP contribution < -0.4 is 5.32 Å². The van der Waals surface area contributed by atoms with Crippen LogP contribution >= 0.6 is 11.6 Å². The molecule has 1 aliphatic heterocycles. The van der Waals surface area contributed by atoms with E-state index in [1.165, 1.54) is 4.90 Å². The van der Waals surface area contributed by atoms with Gasteiger partial charge in [0.2, 0.25) is 11.8 Å². The Labute approximate surface area is 219 Å². The molecule has 2 amide bonds. The van der Waals surface area contributed by atoms with Gasteiger partial charge < -0.3 is 20.1 Å². The molecule has 1 aromatic rings. The number of halogens is 1. The SMILES string of the molecule is CCC[C@@H]1C=C[C@H]2[C@@H](C(=O)N([C@@H](CO)[C@@H](C)CC)[C@@H]2C(=O)Nc2c(C)cccc2Cl)[C@@H]1C(=O)OCC. The Hall–Kier alpha value is -2.38. The number of hydrogen-bond donors (Lipinski definition) is 2. The summed E-state index contributed by atoms with van der Waals surface area (Å²) in [5.74, 6) is -3.19. The average molecular weight is 519 g/mol. The number of nitrogens with one attached hydrogen (secondary N) is 1. The topological polar surface area (TPSA) is 95.9 Å². The van der Waals surface area contributed by atoms with Gasteiger partial charge in [-0.15, -0.1) is 0 Å². The maximum atomic E-state index is 14.1. The molecule has 7 atom stereocenters. The zero-order chi connectivity index (χ0) is 26.6. The molecule has 0 aromatic heterocycles. The van der Waals surface area contributed by atoms with E-state index in [1.54, 1.807) is 19.1 Å². The molecule has 0 bridgehead atoms. The van der Waals surface area contributed by atoms with Gasteiger partial charge in [-0.3, -0.25) is 14.4 Å². The minimum atomic E-state index is -0.889. The van der Waals surface area contributed by atoms with E-state index in [0.29, 0.717) is 10.7 Å². The molecule has 2 aliphatic rings. The molecule has 1 aliphatic carbocycles. The molecule has 1 aromatic carbocycles. The quantitative estimate of drug-likeness (QED) is 0.348. The number of fused-ring (bicyclic) bond motifs is 1. The maximum absolute atomic E-state index is 14.1. The second-order valence-electron chi connectivity index (χ2n) is 9.97. The fourth-order valence-corrected chi connectivity index (χ4v) is 6.04. The second kappa shape index (κ2) is 12.2. The predicted molar refractivity (Wildman–Crippen MR) is 140 cm³/mol. The molecule has 2 N–H and O–H groups in total. The Morgan fingerprint density at radius 1 is 1.22 bits per heavy atom. The summed E-state index contributed by atoms with van der Waals surface area (Å²) in [5, 5.41) is 13.7. The Kier molecular flexibility index (Phi) is 9.59. The monoisotopic (exact) mass is 518 g/mol. The van der Waals surface area contributed by atoms with E-state index in [1.807, 2.05) is 45.9 Å². The van der Waals surface area contributed by atoms with E-state index in [9.17, 15) is 19.5 Å². The number of esters is 1. The number of hydrogen-bond acceptors (Lipinski definition) is 5. The third kappa shape index (κ3) is 5.32. The number of rotatable bonds is 10. The molecule has 36 heavy (non-hydrogen) atoms. The number of nitrogens with zero attached hydrogens (tertiary/aromatic N) is 1. The highest BCUT2D eigenvalue weighted by molar-refractivity contribution is 6.34. The van der Waals surface area contributed by atoms with Gasteiger partial charge in [0.05, 0.1) is 41.8 Å². The van der Waals surface area contributed by atoms with Crippen molar-refractivity contribution in [1.29, 1.82) is 0 Å². The van der Waals surface area contributed by atoms with Gasteiger partial charge in [0.15, 0.2) is 0 Å². The van der Waals surface area contributed by atoms with Crippen molar-refractivity contribution in [2.45, 2.75) is 66.0 Å². The van der Waals surface area contributed by atoms with E-state index in [4.69, 9.17) is 16.3 Å². The fourth-order valence-electron chi connectivity index (χ4n) is 5.77. The van der Waals surface area contributed by atoms with Gasteiger partial charge in [-0.25, -0.2) is 0 Å². The van der Waals surface area contributed by atoms with Gasteiger partial charge in [0, 0.05) is 5.92 Å². The molecule has 1 heterocycles. The highest BCUT2D eigenvalue weighted by Gasteiger charge is 2.59. The van der Waals surface area contributed by atoms with Crippen molar-refractivity contribution in [3.8, 4) is 0 Å². The van der Waals surface area contributed by atoms with Crippen molar-refractivity contribution in [2.24, 2.45) is 29.6 Å². The van der Waals surface area contributed by atoms with Crippen LogP contribution in [-0.4, -0.2) is 53.1 Å². The van der Waals surface area contributed by atoms with Gasteiger partial charge >= 0.3 is 5.97 Å². The fraction of sp³-hybridized carbons (Fsp3) is 0.607. The molecular weight excluding hydrogens is 480 g/mol. The summed E-state index contributed by atoms with van der Waals surface area (Å²) in [5.41, 5.74) is 1.30. The Morgan fingerprint density at radius 2 is 1.94 bits per heavy atom. The lowest BCUT2D eigenvalue weighted by atomic mass is 9.69. The smallest absolute Gasteiger partial charge is 0.310 e. The number of carbonyl (C=O) groups excluding carboxylic acids is 3. The number of aliphatic hydroxyl groups excluding tert-OH is 1. The number of aryl methyl sites for hydroxylation is 1. The standard InChI is InChI=1S/C28H39ClN2O5/c1-6-10-18-13-14-19-23(22(18)28(35)36-8-3)27(34)31(21(15-32)16(4)7-2)25(19)26(33)30-24-17(5)11-9-12-20(24)29/h9,11-14,16,18-19,21-23,25,32H,6-8,10,15H2,1-5H3,(H,30,33)/t16-,18+,19-,21-,22+,23+,25-/m0/s1. The van der Waals surface area contributed by atoms with Crippen LogP contribution in [0.1, 0.15) is 52.5 Å². The van der Waals surface area contributed by atoms with E-state index in [0.717, 1.165) is 24.8 Å². The molecule has 3 rings (SSSR count). The summed E-state index contributed by atoms with van der Waals surface area (Å²) >= 11 is 6.39. The molecule has 0 spiro atoms. The lowest BCUT2D eigenvalue weighted by Gasteiger charge is -2.36. The molecule has 1 fully saturated rings. The van der Waals surface area contributed by atoms with Crippen LogP contribution in [0.5, 0.6) is 0 Å². The summed E-state index contributed by atoms with van der Waals surface area (Å²) < 4.78 is 5.42. The predicted octanol–water partition coefficient (Wildman–Crippen LogP) is 4.60.